The Kier molecular flexibility index (Phi) is 3.16. The van der Waals surface area contributed by atoms with Gasteiger partial charge in [-0.3, -0.25) is 4.79 Å². The second-order valence-electron chi connectivity index (χ2n) is 5.99. The van der Waals surface area contributed by atoms with E-state index in [0.717, 1.165) is 22.0 Å². The first-order valence-electron chi connectivity index (χ1n) is 7.78. The van der Waals surface area contributed by atoms with E-state index in [1.807, 2.05) is 42.6 Å². The molecule has 0 bridgehead atoms. The maximum atomic E-state index is 12.8. The number of hydrogen-bond acceptors (Lipinski definition) is 3. The Morgan fingerprint density at radius 2 is 1.83 bits per heavy atom. The van der Waals surface area contributed by atoms with Gasteiger partial charge in [-0.15, -0.1) is 0 Å². The first kappa shape index (κ1) is 14.5. The fourth-order valence-electron chi connectivity index (χ4n) is 3.49. The van der Waals surface area contributed by atoms with Gasteiger partial charge in [0, 0.05) is 28.2 Å². The zero-order chi connectivity index (χ0) is 16.8. The molecular formula is C19H15N2O3-. The highest BCUT2D eigenvalue weighted by atomic mass is 16.4. The number of aromatic nitrogens is 1. The van der Waals surface area contributed by atoms with Gasteiger partial charge in [-0.25, -0.2) is 0 Å². The lowest BCUT2D eigenvalue weighted by Crippen LogP contribution is -2.48. The summed E-state index contributed by atoms with van der Waals surface area (Å²) in [5.41, 5.74) is 3.20. The van der Waals surface area contributed by atoms with Crippen LogP contribution in [0.4, 0.5) is 0 Å². The normalized spacial score (nSPS) is 18.0. The lowest BCUT2D eigenvalue weighted by molar-refractivity contribution is -0.310. The van der Waals surface area contributed by atoms with Gasteiger partial charge in [0.25, 0.3) is 5.91 Å². The molecule has 2 aromatic carbocycles. The molecule has 0 unspecified atom stereocenters. The highest BCUT2D eigenvalue weighted by Gasteiger charge is 2.41. The molecule has 2 heterocycles. The number of H-pyrrole nitrogens is 1. The Morgan fingerprint density at radius 3 is 2.62 bits per heavy atom. The van der Waals surface area contributed by atoms with Gasteiger partial charge in [0.1, 0.15) is 0 Å². The monoisotopic (exact) mass is 319 g/mol. The Bertz CT molecular complexity index is 960. The number of carboxylic acid groups (broad SMARTS) is 1. The molecule has 0 radical (unpaired) electrons. The molecule has 0 saturated heterocycles. The average Bonchev–Trinajstić information content (AvgIpc) is 3.13. The summed E-state index contributed by atoms with van der Waals surface area (Å²) in [5, 5.41) is 12.4. The number of amides is 1. The van der Waals surface area contributed by atoms with E-state index >= 15 is 0 Å². The number of nitrogens with one attached hydrogen (secondary N) is 1. The van der Waals surface area contributed by atoms with Crippen molar-refractivity contribution in [3.63, 3.8) is 0 Å². The minimum atomic E-state index is -1.26. The van der Waals surface area contributed by atoms with Crippen LogP contribution in [0.1, 0.15) is 34.5 Å². The molecule has 0 fully saturated rings. The molecular weight excluding hydrogens is 304 g/mol. The van der Waals surface area contributed by atoms with Gasteiger partial charge in [-0.2, -0.15) is 0 Å². The third-order valence-corrected chi connectivity index (χ3v) is 4.67. The predicted octanol–water partition coefficient (Wildman–Crippen LogP) is 1.85. The van der Waals surface area contributed by atoms with Crippen LogP contribution >= 0.6 is 0 Å². The maximum Gasteiger partial charge on any atom is 0.255 e. The van der Waals surface area contributed by atoms with Crippen LogP contribution in [-0.4, -0.2) is 27.8 Å². The van der Waals surface area contributed by atoms with Gasteiger partial charge in [-0.05, 0) is 24.6 Å². The number of carbonyl (C=O) groups excluding carboxylic acids is 2. The van der Waals surface area contributed by atoms with Gasteiger partial charge in [0.15, 0.2) is 0 Å². The van der Waals surface area contributed by atoms with Crippen molar-refractivity contribution in [1.29, 1.82) is 0 Å². The molecule has 0 spiro atoms. The van der Waals surface area contributed by atoms with Crippen molar-refractivity contribution in [2.45, 2.75) is 19.0 Å². The molecule has 0 aliphatic carbocycles. The zero-order valence-corrected chi connectivity index (χ0v) is 13.0. The highest BCUT2D eigenvalue weighted by molar-refractivity contribution is 6.02. The van der Waals surface area contributed by atoms with Crippen LogP contribution in [0.25, 0.3) is 10.9 Å². The van der Waals surface area contributed by atoms with E-state index in [4.69, 9.17) is 0 Å². The molecule has 24 heavy (non-hydrogen) atoms. The largest absolute Gasteiger partial charge is 0.548 e. The van der Waals surface area contributed by atoms with E-state index < -0.39 is 18.1 Å². The number of aliphatic carboxylic acids is 1. The molecule has 4 rings (SSSR count). The summed E-state index contributed by atoms with van der Waals surface area (Å²) in [5.74, 6) is -1.54. The van der Waals surface area contributed by atoms with Crippen LogP contribution < -0.4 is 5.11 Å². The molecule has 1 amide bonds. The number of hydrogen-bond donors (Lipinski definition) is 1. The number of aromatic amines is 1. The third kappa shape index (κ3) is 1.94. The SMILES string of the molecule is C[C@H](C(=O)[O-])N1C(=O)c2ccccc2[C@@H]1c1c[nH]c2ccccc12. The van der Waals surface area contributed by atoms with Crippen LogP contribution in [0.3, 0.4) is 0 Å². The first-order valence-corrected chi connectivity index (χ1v) is 7.78. The maximum absolute atomic E-state index is 12.8. The van der Waals surface area contributed by atoms with Gasteiger partial charge in [0.05, 0.1) is 18.1 Å². The second-order valence-corrected chi connectivity index (χ2v) is 5.99. The smallest absolute Gasteiger partial charge is 0.255 e. The Morgan fingerprint density at radius 1 is 1.12 bits per heavy atom. The van der Waals surface area contributed by atoms with Crippen LogP contribution in [-0.2, 0) is 4.79 Å². The minimum absolute atomic E-state index is 0.280. The summed E-state index contributed by atoms with van der Waals surface area (Å²) < 4.78 is 0. The number of fused-ring (bicyclic) bond motifs is 2. The molecule has 5 heteroatoms. The summed E-state index contributed by atoms with van der Waals surface area (Å²) in [7, 11) is 0. The second kappa shape index (κ2) is 5.23. The Labute approximate surface area is 138 Å². The lowest BCUT2D eigenvalue weighted by atomic mass is 9.97. The molecule has 3 aromatic rings. The van der Waals surface area contributed by atoms with Gasteiger partial charge in [0.2, 0.25) is 0 Å². The Balaban J connectivity index is 1.95. The number of carboxylic acids is 1. The number of benzene rings is 2. The van der Waals surface area contributed by atoms with Crippen molar-refractivity contribution in [3.05, 3.63) is 71.4 Å². The molecule has 2 atom stereocenters. The van der Waals surface area contributed by atoms with E-state index in [9.17, 15) is 14.7 Å². The molecule has 1 aliphatic heterocycles. The summed E-state index contributed by atoms with van der Waals surface area (Å²) in [6, 6.07) is 13.6. The Hall–Kier alpha value is -3.08. The third-order valence-electron chi connectivity index (χ3n) is 4.67. The highest BCUT2D eigenvalue weighted by Crippen LogP contribution is 2.42. The van der Waals surface area contributed by atoms with Crippen molar-refractivity contribution in [2.75, 3.05) is 0 Å². The summed E-state index contributed by atoms with van der Waals surface area (Å²) >= 11 is 0. The van der Waals surface area contributed by atoms with E-state index in [2.05, 4.69) is 4.98 Å². The summed E-state index contributed by atoms with van der Waals surface area (Å²) in [4.78, 5) is 28.9. The standard InChI is InChI=1S/C19H16N2O3/c1-11(19(23)24)21-17(13-7-2-3-8-14(13)18(21)22)15-10-20-16-9-5-4-6-12(15)16/h2-11,17,20H,1H3,(H,23,24)/p-1/t11-,17-/m1/s1. The van der Waals surface area contributed by atoms with Crippen LogP contribution in [0.15, 0.2) is 54.7 Å². The quantitative estimate of drug-likeness (QED) is 0.800. The first-order chi connectivity index (χ1) is 11.6. The van der Waals surface area contributed by atoms with Crippen molar-refractivity contribution in [1.82, 2.24) is 9.88 Å². The van der Waals surface area contributed by atoms with E-state index in [0.29, 0.717) is 5.56 Å². The van der Waals surface area contributed by atoms with Crippen LogP contribution in [0.2, 0.25) is 0 Å². The molecule has 5 nitrogen and oxygen atoms in total. The van der Waals surface area contributed by atoms with Crippen LogP contribution in [0, 0.1) is 0 Å². The number of para-hydroxylation sites is 1. The minimum Gasteiger partial charge on any atom is -0.548 e. The molecule has 0 saturated carbocycles. The summed E-state index contributed by atoms with van der Waals surface area (Å²) in [6.07, 6.45) is 1.85. The van der Waals surface area contributed by atoms with Crippen molar-refractivity contribution >= 4 is 22.8 Å². The number of carbonyl (C=O) groups is 2. The number of nitrogens with zero attached hydrogens (tertiary/aromatic N) is 1. The fraction of sp³-hybridized carbons (Fsp3) is 0.158. The molecule has 120 valence electrons. The number of rotatable bonds is 3. The average molecular weight is 319 g/mol. The lowest BCUT2D eigenvalue weighted by Gasteiger charge is -2.31. The van der Waals surface area contributed by atoms with Gasteiger partial charge < -0.3 is 19.8 Å². The summed E-state index contributed by atoms with van der Waals surface area (Å²) in [6.45, 7) is 1.49. The fourth-order valence-corrected chi connectivity index (χ4v) is 3.49. The molecule has 1 aromatic heterocycles. The van der Waals surface area contributed by atoms with Crippen molar-refractivity contribution in [3.8, 4) is 0 Å². The van der Waals surface area contributed by atoms with Crippen molar-refractivity contribution in [2.24, 2.45) is 0 Å². The van der Waals surface area contributed by atoms with E-state index in [-0.39, 0.29) is 5.91 Å². The van der Waals surface area contributed by atoms with E-state index in [1.165, 1.54) is 11.8 Å². The topological polar surface area (TPSA) is 76.2 Å². The van der Waals surface area contributed by atoms with Gasteiger partial charge in [-0.1, -0.05) is 36.4 Å². The van der Waals surface area contributed by atoms with Crippen LogP contribution in [0.5, 0.6) is 0 Å². The van der Waals surface area contributed by atoms with Gasteiger partial charge >= 0.3 is 0 Å². The zero-order valence-electron chi connectivity index (χ0n) is 13.0. The van der Waals surface area contributed by atoms with E-state index in [1.54, 1.807) is 12.1 Å². The van der Waals surface area contributed by atoms with Crippen molar-refractivity contribution < 1.29 is 14.7 Å². The predicted molar refractivity (Wildman–Crippen MR) is 87.2 cm³/mol. The molecule has 1 aliphatic rings. The molecule has 1 N–H and O–H groups in total.